The molecule has 0 bridgehead atoms. The molecule has 1 heterocycles. The maximum Gasteiger partial charge on any atom is 0.333 e. The molecule has 3 rings (SSSR count). The van der Waals surface area contributed by atoms with Crippen LogP contribution in [0, 0.1) is 23.7 Å². The van der Waals surface area contributed by atoms with Crippen LogP contribution in [0.2, 0.25) is 0 Å². The van der Waals surface area contributed by atoms with Crippen molar-refractivity contribution in [3.8, 4) is 23.7 Å². The van der Waals surface area contributed by atoms with Crippen molar-refractivity contribution in [2.45, 2.75) is 39.5 Å². The zero-order chi connectivity index (χ0) is 26.8. The van der Waals surface area contributed by atoms with E-state index in [0.29, 0.717) is 12.8 Å². The Morgan fingerprint density at radius 1 is 0.703 bits per heavy atom. The molecule has 0 N–H and O–H groups in total. The first-order chi connectivity index (χ1) is 17.8. The lowest BCUT2D eigenvalue weighted by Crippen LogP contribution is -2.56. The number of nitrogens with zero attached hydrogens (tertiary/aromatic N) is 3. The fourth-order valence-corrected chi connectivity index (χ4v) is 3.67. The van der Waals surface area contributed by atoms with Crippen LogP contribution in [-0.2, 0) is 9.59 Å². The highest BCUT2D eigenvalue weighted by atomic mass is 16.2. The Balaban J connectivity index is 1.75. The maximum atomic E-state index is 12.9. The van der Waals surface area contributed by atoms with Gasteiger partial charge in [-0.05, 0) is 61.4 Å². The van der Waals surface area contributed by atoms with Crippen LogP contribution in [0.5, 0.6) is 0 Å². The Morgan fingerprint density at radius 3 is 1.57 bits per heavy atom. The molecule has 1 aliphatic heterocycles. The van der Waals surface area contributed by atoms with Gasteiger partial charge in [0.05, 0.1) is 0 Å². The lowest BCUT2D eigenvalue weighted by Gasteiger charge is -2.33. The van der Waals surface area contributed by atoms with Crippen LogP contribution >= 0.6 is 0 Å². The summed E-state index contributed by atoms with van der Waals surface area (Å²) in [5, 5.41) is 0. The summed E-state index contributed by atoms with van der Waals surface area (Å²) < 4.78 is 0. The Labute approximate surface area is 219 Å². The molecule has 6 heteroatoms. The lowest BCUT2D eigenvalue weighted by molar-refractivity contribution is -0.136. The van der Waals surface area contributed by atoms with Gasteiger partial charge in [-0.25, -0.2) is 4.79 Å². The van der Waals surface area contributed by atoms with Crippen molar-refractivity contribution in [3.63, 3.8) is 0 Å². The van der Waals surface area contributed by atoms with Gasteiger partial charge in [0.15, 0.2) is 0 Å². The first-order valence-corrected chi connectivity index (χ1v) is 12.6. The number of hydrogen-bond donors (Lipinski definition) is 0. The van der Waals surface area contributed by atoms with Crippen molar-refractivity contribution in [1.29, 1.82) is 0 Å². The average molecular weight is 496 g/mol. The van der Waals surface area contributed by atoms with Crippen LogP contribution in [0.3, 0.4) is 0 Å². The SMILES string of the molecule is CCCCN1C(=O)C(=CC#Cc2ccc(C#Cc3ccc(N(C)C)cc3)cc2)C(=O)N(CCCC)C1=O. The molecule has 37 heavy (non-hydrogen) atoms. The molecular formula is C31H33N3O3. The van der Waals surface area contributed by atoms with E-state index in [0.717, 1.165) is 45.0 Å². The molecular weight excluding hydrogens is 462 g/mol. The molecule has 0 aliphatic carbocycles. The number of hydrogen-bond acceptors (Lipinski definition) is 4. The zero-order valence-corrected chi connectivity index (χ0v) is 22.0. The summed E-state index contributed by atoms with van der Waals surface area (Å²) >= 11 is 0. The van der Waals surface area contributed by atoms with Gasteiger partial charge in [0.25, 0.3) is 11.8 Å². The second kappa shape index (κ2) is 13.1. The largest absolute Gasteiger partial charge is 0.378 e. The van der Waals surface area contributed by atoms with E-state index in [4.69, 9.17) is 0 Å². The topological polar surface area (TPSA) is 60.9 Å². The van der Waals surface area contributed by atoms with E-state index in [1.165, 1.54) is 6.08 Å². The molecule has 2 aromatic rings. The van der Waals surface area contributed by atoms with Gasteiger partial charge in [-0.2, -0.15) is 0 Å². The number of imide groups is 2. The third kappa shape index (κ3) is 7.12. The minimum atomic E-state index is -0.574. The normalized spacial score (nSPS) is 13.1. The fraction of sp³-hybridized carbons (Fsp3) is 0.323. The van der Waals surface area contributed by atoms with Gasteiger partial charge in [0.2, 0.25) is 0 Å². The molecule has 1 saturated heterocycles. The van der Waals surface area contributed by atoms with Crippen LogP contribution in [0.25, 0.3) is 0 Å². The summed E-state index contributed by atoms with van der Waals surface area (Å²) in [4.78, 5) is 42.9. The lowest BCUT2D eigenvalue weighted by atomic mass is 10.1. The van der Waals surface area contributed by atoms with E-state index < -0.39 is 17.8 Å². The molecule has 0 radical (unpaired) electrons. The molecule has 0 spiro atoms. The minimum Gasteiger partial charge on any atom is -0.378 e. The van der Waals surface area contributed by atoms with E-state index >= 15 is 0 Å². The third-order valence-corrected chi connectivity index (χ3v) is 5.94. The van der Waals surface area contributed by atoms with E-state index in [1.807, 2.05) is 81.4 Å². The van der Waals surface area contributed by atoms with E-state index in [1.54, 1.807) is 0 Å². The molecule has 0 saturated carbocycles. The van der Waals surface area contributed by atoms with Crippen molar-refractivity contribution >= 4 is 23.5 Å². The number of carbonyl (C=O) groups is 3. The quantitative estimate of drug-likeness (QED) is 0.314. The smallest absolute Gasteiger partial charge is 0.333 e. The first-order valence-electron chi connectivity index (χ1n) is 12.6. The zero-order valence-electron chi connectivity index (χ0n) is 22.0. The van der Waals surface area contributed by atoms with Gasteiger partial charge >= 0.3 is 6.03 Å². The first kappa shape index (κ1) is 27.3. The van der Waals surface area contributed by atoms with Gasteiger partial charge in [-0.3, -0.25) is 19.4 Å². The Bertz CT molecular complexity index is 1250. The summed E-state index contributed by atoms with van der Waals surface area (Å²) in [5.74, 6) is 11.0. The fourth-order valence-electron chi connectivity index (χ4n) is 3.67. The van der Waals surface area contributed by atoms with Gasteiger partial charge < -0.3 is 4.90 Å². The summed E-state index contributed by atoms with van der Waals surface area (Å²) in [6.07, 6.45) is 4.37. The highest BCUT2D eigenvalue weighted by molar-refractivity contribution is 6.28. The summed E-state index contributed by atoms with van der Waals surface area (Å²) in [5.41, 5.74) is 3.57. The van der Waals surface area contributed by atoms with Crippen molar-refractivity contribution in [2.75, 3.05) is 32.1 Å². The number of allylic oxidation sites excluding steroid dienone is 1. The predicted molar refractivity (Wildman–Crippen MR) is 147 cm³/mol. The number of amides is 4. The van der Waals surface area contributed by atoms with Crippen LogP contribution < -0.4 is 4.90 Å². The van der Waals surface area contributed by atoms with Crippen molar-refractivity contribution in [3.05, 3.63) is 76.9 Å². The average Bonchev–Trinajstić information content (AvgIpc) is 2.90. The monoisotopic (exact) mass is 495 g/mol. The highest BCUT2D eigenvalue weighted by Crippen LogP contribution is 2.19. The Kier molecular flexibility index (Phi) is 9.69. The standard InChI is InChI=1S/C31H33N3O3/c1-5-7-22-33-29(35)28(30(36)34(31(33)37)23-8-6-2)11-9-10-24-12-14-25(15-13-24)16-17-26-18-20-27(21-19-26)32(3)4/h11-15,18-21H,5-8,22-23H2,1-4H3. The summed E-state index contributed by atoms with van der Waals surface area (Å²) in [6, 6.07) is 15.0. The van der Waals surface area contributed by atoms with Gasteiger partial charge in [-0.1, -0.05) is 50.4 Å². The molecule has 1 aliphatic rings. The molecule has 6 nitrogen and oxygen atoms in total. The third-order valence-electron chi connectivity index (χ3n) is 5.94. The van der Waals surface area contributed by atoms with Gasteiger partial charge in [-0.15, -0.1) is 0 Å². The van der Waals surface area contributed by atoms with Crippen LogP contribution in [0.15, 0.2) is 60.2 Å². The number of carbonyl (C=O) groups excluding carboxylic acids is 3. The number of urea groups is 1. The highest BCUT2D eigenvalue weighted by Gasteiger charge is 2.41. The van der Waals surface area contributed by atoms with E-state index in [9.17, 15) is 14.4 Å². The summed E-state index contributed by atoms with van der Waals surface area (Å²) in [7, 11) is 4.00. The molecule has 0 aromatic heterocycles. The molecule has 2 aromatic carbocycles. The van der Waals surface area contributed by atoms with E-state index in [-0.39, 0.29) is 18.7 Å². The van der Waals surface area contributed by atoms with Crippen LogP contribution in [0.4, 0.5) is 10.5 Å². The number of unbranched alkanes of at least 4 members (excludes halogenated alkanes) is 2. The molecule has 0 unspecified atom stereocenters. The number of benzene rings is 2. The van der Waals surface area contributed by atoms with Gasteiger partial charge in [0, 0.05) is 55.6 Å². The Hall–Kier alpha value is -4.29. The van der Waals surface area contributed by atoms with Crippen molar-refractivity contribution < 1.29 is 14.4 Å². The number of rotatable bonds is 7. The maximum absolute atomic E-state index is 12.9. The number of barbiturate groups is 1. The predicted octanol–water partition coefficient (Wildman–Crippen LogP) is 4.82. The van der Waals surface area contributed by atoms with Gasteiger partial charge in [0.1, 0.15) is 5.57 Å². The molecule has 0 atom stereocenters. The second-order valence-electron chi connectivity index (χ2n) is 9.00. The minimum absolute atomic E-state index is 0.0675. The van der Waals surface area contributed by atoms with E-state index in [2.05, 4.69) is 23.7 Å². The molecule has 190 valence electrons. The molecule has 4 amide bonds. The Morgan fingerprint density at radius 2 is 1.14 bits per heavy atom. The van der Waals surface area contributed by atoms with Crippen LogP contribution in [0.1, 0.15) is 56.2 Å². The van der Waals surface area contributed by atoms with Crippen LogP contribution in [-0.4, -0.2) is 54.8 Å². The van der Waals surface area contributed by atoms with Crippen molar-refractivity contribution in [1.82, 2.24) is 9.80 Å². The second-order valence-corrected chi connectivity index (χ2v) is 9.00. The van der Waals surface area contributed by atoms with Crippen molar-refractivity contribution in [2.24, 2.45) is 0 Å². The molecule has 1 fully saturated rings. The summed E-state index contributed by atoms with van der Waals surface area (Å²) in [6.45, 7) is 4.55. The number of anilines is 1.